The molecule has 4 rings (SSSR count). The molecule has 1 aromatic heterocycles. The Bertz CT molecular complexity index is 864. The zero-order valence-electron chi connectivity index (χ0n) is 14.3. The lowest BCUT2D eigenvalue weighted by molar-refractivity contribution is -0.134. The van der Waals surface area contributed by atoms with Crippen molar-refractivity contribution in [1.82, 2.24) is 20.1 Å². The van der Waals surface area contributed by atoms with Crippen LogP contribution in [0.15, 0.2) is 60.7 Å². The van der Waals surface area contributed by atoms with E-state index in [1.54, 1.807) is 0 Å². The van der Waals surface area contributed by atoms with Gasteiger partial charge in [0.15, 0.2) is 12.4 Å². The average Bonchev–Trinajstić information content (AvgIpc) is 3.37. The first-order valence-corrected chi connectivity index (χ1v) is 8.76. The van der Waals surface area contributed by atoms with Crippen molar-refractivity contribution in [3.8, 4) is 17.1 Å². The number of ether oxygens (including phenoxy) is 1. The van der Waals surface area contributed by atoms with Crippen LogP contribution < -0.4 is 4.74 Å². The van der Waals surface area contributed by atoms with Crippen molar-refractivity contribution in [3.63, 3.8) is 0 Å². The molecular weight excluding hydrogens is 328 g/mol. The summed E-state index contributed by atoms with van der Waals surface area (Å²) < 4.78 is 5.60. The Balaban J connectivity index is 1.45. The minimum absolute atomic E-state index is 0.0280. The average molecular weight is 348 g/mol. The smallest absolute Gasteiger partial charge is 0.261 e. The molecule has 1 aliphatic rings. The molecule has 0 radical (unpaired) electrons. The standard InChI is InChI=1S/C20H20N4O2/c25-18(14-26-16-10-5-2-6-11-16)24-13-7-12-17(24)20-21-19(22-23-20)15-8-3-1-4-9-15/h1-6,8-11,17H,7,12-14H2,(H,21,22,23)/t17-/m0/s1. The number of carbonyl (C=O) groups is 1. The zero-order chi connectivity index (χ0) is 17.8. The molecule has 1 aliphatic heterocycles. The molecule has 2 aromatic carbocycles. The predicted molar refractivity (Wildman–Crippen MR) is 97.4 cm³/mol. The number of aromatic amines is 1. The van der Waals surface area contributed by atoms with Crippen molar-refractivity contribution in [1.29, 1.82) is 0 Å². The number of H-pyrrole nitrogens is 1. The lowest BCUT2D eigenvalue weighted by Gasteiger charge is -2.22. The van der Waals surface area contributed by atoms with Gasteiger partial charge in [-0.25, -0.2) is 4.98 Å². The van der Waals surface area contributed by atoms with Gasteiger partial charge in [-0.15, -0.1) is 0 Å². The molecule has 6 heteroatoms. The molecule has 0 saturated carbocycles. The van der Waals surface area contributed by atoms with Crippen molar-refractivity contribution in [2.24, 2.45) is 0 Å². The van der Waals surface area contributed by atoms with Crippen LogP contribution in [0.3, 0.4) is 0 Å². The number of hydrogen-bond donors (Lipinski definition) is 1. The number of nitrogens with one attached hydrogen (secondary N) is 1. The molecule has 1 fully saturated rings. The molecule has 0 bridgehead atoms. The normalized spacial score (nSPS) is 16.6. The first kappa shape index (κ1) is 16.3. The highest BCUT2D eigenvalue weighted by atomic mass is 16.5. The molecule has 2 heterocycles. The Labute approximate surface area is 151 Å². The summed E-state index contributed by atoms with van der Waals surface area (Å²) >= 11 is 0. The molecule has 0 unspecified atom stereocenters. The molecule has 0 aliphatic carbocycles. The van der Waals surface area contributed by atoms with Gasteiger partial charge in [0.25, 0.3) is 5.91 Å². The topological polar surface area (TPSA) is 71.1 Å². The summed E-state index contributed by atoms with van der Waals surface area (Å²) in [5.41, 5.74) is 0.957. The third-order valence-electron chi connectivity index (χ3n) is 4.53. The van der Waals surface area contributed by atoms with Gasteiger partial charge in [0, 0.05) is 12.1 Å². The third kappa shape index (κ3) is 3.44. The number of aromatic nitrogens is 3. The minimum Gasteiger partial charge on any atom is -0.484 e. The summed E-state index contributed by atoms with van der Waals surface area (Å²) in [7, 11) is 0. The Morgan fingerprint density at radius 2 is 1.85 bits per heavy atom. The van der Waals surface area contributed by atoms with E-state index in [1.807, 2.05) is 65.6 Å². The maximum absolute atomic E-state index is 12.6. The van der Waals surface area contributed by atoms with Gasteiger partial charge in [0.2, 0.25) is 0 Å². The summed E-state index contributed by atoms with van der Waals surface area (Å²) in [5.74, 6) is 2.05. The quantitative estimate of drug-likeness (QED) is 0.768. The van der Waals surface area contributed by atoms with Gasteiger partial charge in [-0.1, -0.05) is 48.5 Å². The van der Waals surface area contributed by atoms with Crippen LogP contribution in [0, 0.1) is 0 Å². The number of rotatable bonds is 5. The van der Waals surface area contributed by atoms with Crippen LogP contribution in [0.2, 0.25) is 0 Å². The molecule has 132 valence electrons. The number of likely N-dealkylation sites (tertiary alicyclic amines) is 1. The summed E-state index contributed by atoms with van der Waals surface area (Å²) in [6.45, 7) is 0.739. The Morgan fingerprint density at radius 1 is 1.12 bits per heavy atom. The largest absolute Gasteiger partial charge is 0.484 e. The first-order chi connectivity index (χ1) is 12.8. The fourth-order valence-electron chi connectivity index (χ4n) is 3.23. The number of para-hydroxylation sites is 1. The molecule has 1 atom stereocenters. The Hall–Kier alpha value is -3.15. The molecule has 1 saturated heterocycles. The van der Waals surface area contributed by atoms with Crippen LogP contribution in [-0.2, 0) is 4.79 Å². The van der Waals surface area contributed by atoms with Gasteiger partial charge < -0.3 is 9.64 Å². The second-order valence-electron chi connectivity index (χ2n) is 6.26. The number of benzene rings is 2. The van der Waals surface area contributed by atoms with Crippen LogP contribution >= 0.6 is 0 Å². The second-order valence-corrected chi connectivity index (χ2v) is 6.26. The zero-order valence-corrected chi connectivity index (χ0v) is 14.3. The molecule has 6 nitrogen and oxygen atoms in total. The summed E-state index contributed by atoms with van der Waals surface area (Å²) in [4.78, 5) is 19.1. The fraction of sp³-hybridized carbons (Fsp3) is 0.250. The predicted octanol–water partition coefficient (Wildman–Crippen LogP) is 3.21. The van der Waals surface area contributed by atoms with Crippen LogP contribution in [0.25, 0.3) is 11.4 Å². The summed E-state index contributed by atoms with van der Waals surface area (Å²) in [6.07, 6.45) is 1.82. The minimum atomic E-state index is -0.0770. The number of nitrogens with zero attached hydrogens (tertiary/aromatic N) is 3. The van der Waals surface area contributed by atoms with Crippen molar-refractivity contribution in [2.45, 2.75) is 18.9 Å². The van der Waals surface area contributed by atoms with E-state index in [0.29, 0.717) is 18.1 Å². The van der Waals surface area contributed by atoms with Gasteiger partial charge in [-0.05, 0) is 25.0 Å². The Kier molecular flexibility index (Phi) is 4.64. The number of hydrogen-bond acceptors (Lipinski definition) is 4. The SMILES string of the molecule is O=C(COc1ccccc1)N1CCC[C@H]1c1nc(-c2ccccc2)n[nH]1. The van der Waals surface area contributed by atoms with E-state index < -0.39 is 0 Å². The number of amides is 1. The van der Waals surface area contributed by atoms with Crippen LogP contribution in [0.5, 0.6) is 5.75 Å². The third-order valence-corrected chi connectivity index (χ3v) is 4.53. The van der Waals surface area contributed by atoms with E-state index in [-0.39, 0.29) is 18.6 Å². The van der Waals surface area contributed by atoms with Crippen LogP contribution in [0.1, 0.15) is 24.7 Å². The van der Waals surface area contributed by atoms with E-state index in [9.17, 15) is 4.79 Å². The first-order valence-electron chi connectivity index (χ1n) is 8.76. The lowest BCUT2D eigenvalue weighted by Crippen LogP contribution is -2.34. The fourth-order valence-corrected chi connectivity index (χ4v) is 3.23. The van der Waals surface area contributed by atoms with E-state index in [2.05, 4.69) is 15.2 Å². The lowest BCUT2D eigenvalue weighted by atomic mass is 10.2. The Morgan fingerprint density at radius 3 is 2.62 bits per heavy atom. The number of carbonyl (C=O) groups excluding carboxylic acids is 1. The van der Waals surface area contributed by atoms with Gasteiger partial charge in [-0.2, -0.15) is 5.10 Å². The van der Waals surface area contributed by atoms with E-state index in [1.165, 1.54) is 0 Å². The van der Waals surface area contributed by atoms with Crippen LogP contribution in [-0.4, -0.2) is 39.1 Å². The molecule has 26 heavy (non-hydrogen) atoms. The molecule has 1 amide bonds. The highest BCUT2D eigenvalue weighted by Gasteiger charge is 2.32. The summed E-state index contributed by atoms with van der Waals surface area (Å²) in [5, 5.41) is 7.32. The van der Waals surface area contributed by atoms with Crippen molar-refractivity contribution in [3.05, 3.63) is 66.5 Å². The van der Waals surface area contributed by atoms with Crippen molar-refractivity contribution in [2.75, 3.05) is 13.2 Å². The molecule has 1 N–H and O–H groups in total. The molecular formula is C20H20N4O2. The van der Waals surface area contributed by atoms with Gasteiger partial charge in [0.05, 0.1) is 6.04 Å². The van der Waals surface area contributed by atoms with E-state index >= 15 is 0 Å². The summed E-state index contributed by atoms with van der Waals surface area (Å²) in [6, 6.07) is 19.1. The molecule has 0 spiro atoms. The highest BCUT2D eigenvalue weighted by molar-refractivity contribution is 5.78. The van der Waals surface area contributed by atoms with Gasteiger partial charge in [0.1, 0.15) is 11.6 Å². The maximum Gasteiger partial charge on any atom is 0.261 e. The molecule has 3 aromatic rings. The van der Waals surface area contributed by atoms with E-state index in [0.717, 1.165) is 24.2 Å². The maximum atomic E-state index is 12.6. The highest BCUT2D eigenvalue weighted by Crippen LogP contribution is 2.30. The monoisotopic (exact) mass is 348 g/mol. The van der Waals surface area contributed by atoms with Crippen LogP contribution in [0.4, 0.5) is 0 Å². The van der Waals surface area contributed by atoms with E-state index in [4.69, 9.17) is 4.74 Å². The van der Waals surface area contributed by atoms with Crippen molar-refractivity contribution >= 4 is 5.91 Å². The van der Waals surface area contributed by atoms with Gasteiger partial charge in [-0.3, -0.25) is 9.89 Å². The van der Waals surface area contributed by atoms with Gasteiger partial charge >= 0.3 is 0 Å². The second kappa shape index (κ2) is 7.39. The van der Waals surface area contributed by atoms with Crippen molar-refractivity contribution < 1.29 is 9.53 Å².